The topological polar surface area (TPSA) is 149 Å². The lowest BCUT2D eigenvalue weighted by atomic mass is 9.93. The van der Waals surface area contributed by atoms with Gasteiger partial charge in [-0.05, 0) is 13.0 Å². The second-order valence-electron chi connectivity index (χ2n) is 5.21. The molecule has 0 aliphatic carbocycles. The lowest BCUT2D eigenvalue weighted by Crippen LogP contribution is -2.40. The molecule has 3 atom stereocenters. The van der Waals surface area contributed by atoms with Gasteiger partial charge in [0.1, 0.15) is 29.7 Å². The summed E-state index contributed by atoms with van der Waals surface area (Å²) in [5, 5.41) is 24.2. The van der Waals surface area contributed by atoms with Gasteiger partial charge in [0.05, 0.1) is 17.9 Å². The van der Waals surface area contributed by atoms with Crippen LogP contribution < -0.4 is 11.5 Å². The van der Waals surface area contributed by atoms with Crippen molar-refractivity contribution in [1.82, 2.24) is 14.6 Å². The molecule has 0 unspecified atom stereocenters. The Bertz CT molecular complexity index is 726. The first-order valence-electron chi connectivity index (χ1n) is 6.28. The Morgan fingerprint density at radius 2 is 2.33 bits per heavy atom. The molecule has 1 saturated heterocycles. The molecule has 6 N–H and O–H groups in total. The third-order valence-corrected chi connectivity index (χ3v) is 3.77. The zero-order valence-corrected chi connectivity index (χ0v) is 11.2. The number of hydrogen-bond acceptors (Lipinski definition) is 7. The van der Waals surface area contributed by atoms with Gasteiger partial charge in [-0.1, -0.05) is 0 Å². The van der Waals surface area contributed by atoms with E-state index in [2.05, 4.69) is 10.1 Å². The number of aliphatic hydroxyl groups excluding tert-OH is 1. The van der Waals surface area contributed by atoms with E-state index < -0.39 is 23.7 Å². The van der Waals surface area contributed by atoms with Crippen molar-refractivity contribution in [2.45, 2.75) is 24.7 Å². The van der Waals surface area contributed by atoms with E-state index in [0.717, 1.165) is 0 Å². The maximum Gasteiger partial charge on any atom is 0.251 e. The van der Waals surface area contributed by atoms with E-state index in [1.165, 1.54) is 23.8 Å². The van der Waals surface area contributed by atoms with Crippen molar-refractivity contribution >= 4 is 17.2 Å². The van der Waals surface area contributed by atoms with E-state index in [4.69, 9.17) is 16.2 Å². The number of amides is 1. The number of hydrogen-bond donors (Lipinski definition) is 4. The minimum atomic E-state index is -1.52. The van der Waals surface area contributed by atoms with Gasteiger partial charge in [0.15, 0.2) is 5.82 Å². The number of carbonyl (C=O) groups is 1. The van der Waals surface area contributed by atoms with Crippen LogP contribution in [0.4, 0.5) is 5.82 Å². The first-order chi connectivity index (χ1) is 9.84. The first kappa shape index (κ1) is 13.7. The van der Waals surface area contributed by atoms with E-state index in [1.807, 2.05) is 0 Å². The molecule has 0 bridgehead atoms. The predicted octanol–water partition coefficient (Wildman–Crippen LogP) is -1.41. The minimum Gasteiger partial charge on any atom is -0.388 e. The van der Waals surface area contributed by atoms with Crippen LogP contribution in [-0.4, -0.2) is 49.0 Å². The largest absolute Gasteiger partial charge is 0.388 e. The molecule has 1 aliphatic heterocycles. The number of carbonyl (C=O) groups excluding carboxylic acids is 1. The molecule has 21 heavy (non-hydrogen) atoms. The summed E-state index contributed by atoms with van der Waals surface area (Å²) in [6.07, 6.45) is -0.705. The molecule has 112 valence electrons. The number of rotatable bonds is 2. The number of nitrogens with zero attached hydrogens (tertiary/aromatic N) is 3. The van der Waals surface area contributed by atoms with Crippen LogP contribution in [0.1, 0.15) is 29.1 Å². The fourth-order valence-electron chi connectivity index (χ4n) is 2.55. The van der Waals surface area contributed by atoms with Crippen molar-refractivity contribution < 1.29 is 19.7 Å². The highest BCUT2D eigenvalue weighted by atomic mass is 16.5. The Morgan fingerprint density at radius 3 is 2.90 bits per heavy atom. The van der Waals surface area contributed by atoms with Gasteiger partial charge in [0.2, 0.25) is 0 Å². The van der Waals surface area contributed by atoms with E-state index in [-0.39, 0.29) is 23.5 Å². The summed E-state index contributed by atoms with van der Waals surface area (Å²) in [7, 11) is 0. The second-order valence-corrected chi connectivity index (χ2v) is 5.21. The molecule has 0 spiro atoms. The number of nitrogens with two attached hydrogens (primary N) is 2. The van der Waals surface area contributed by atoms with Gasteiger partial charge in [0.25, 0.3) is 5.91 Å². The minimum absolute atomic E-state index is 0.0304. The SMILES string of the molecule is C[C@@]1(O)[C@H](O)CO[C@H]1c1cc(C(N)=O)c2c(N)ncnn12. The van der Waals surface area contributed by atoms with Gasteiger partial charge in [-0.25, -0.2) is 9.50 Å². The average Bonchev–Trinajstić information content (AvgIpc) is 2.90. The van der Waals surface area contributed by atoms with Crippen molar-refractivity contribution in [3.63, 3.8) is 0 Å². The Hall–Kier alpha value is -2.23. The third-order valence-electron chi connectivity index (χ3n) is 3.77. The quantitative estimate of drug-likeness (QED) is 0.531. The summed E-state index contributed by atoms with van der Waals surface area (Å²) in [6, 6.07) is 1.44. The molecule has 0 saturated carbocycles. The Morgan fingerprint density at radius 1 is 1.62 bits per heavy atom. The first-order valence-corrected chi connectivity index (χ1v) is 6.28. The third kappa shape index (κ3) is 1.86. The second kappa shape index (κ2) is 4.38. The monoisotopic (exact) mass is 293 g/mol. The fourth-order valence-corrected chi connectivity index (χ4v) is 2.55. The summed E-state index contributed by atoms with van der Waals surface area (Å²) in [4.78, 5) is 15.4. The number of primary amides is 1. The number of nitrogen functional groups attached to an aromatic ring is 1. The summed E-state index contributed by atoms with van der Waals surface area (Å²) in [6.45, 7) is 1.42. The zero-order chi connectivity index (χ0) is 15.4. The Balaban J connectivity index is 2.25. The lowest BCUT2D eigenvalue weighted by molar-refractivity contribution is -0.0664. The van der Waals surface area contributed by atoms with Crippen molar-refractivity contribution in [1.29, 1.82) is 0 Å². The summed E-state index contributed by atoms with van der Waals surface area (Å²) < 4.78 is 6.78. The van der Waals surface area contributed by atoms with Gasteiger partial charge in [-0.3, -0.25) is 4.79 Å². The number of aromatic nitrogens is 3. The van der Waals surface area contributed by atoms with Crippen LogP contribution in [0.5, 0.6) is 0 Å². The highest BCUT2D eigenvalue weighted by Crippen LogP contribution is 2.39. The molecule has 0 radical (unpaired) electrons. The summed E-state index contributed by atoms with van der Waals surface area (Å²) >= 11 is 0. The lowest BCUT2D eigenvalue weighted by Gasteiger charge is -2.25. The molecule has 2 aromatic rings. The number of aliphatic hydroxyl groups is 2. The Kier molecular flexibility index (Phi) is 2.87. The summed E-state index contributed by atoms with van der Waals surface area (Å²) in [5.74, 6) is -0.610. The average molecular weight is 293 g/mol. The van der Waals surface area contributed by atoms with Gasteiger partial charge >= 0.3 is 0 Å². The predicted molar refractivity (Wildman–Crippen MR) is 71.2 cm³/mol. The van der Waals surface area contributed by atoms with Gasteiger partial charge in [0, 0.05) is 0 Å². The van der Waals surface area contributed by atoms with Crippen molar-refractivity contribution in [2.24, 2.45) is 5.73 Å². The van der Waals surface area contributed by atoms with Gasteiger partial charge in [-0.15, -0.1) is 0 Å². The van der Waals surface area contributed by atoms with Crippen molar-refractivity contribution in [3.8, 4) is 0 Å². The molecule has 2 aromatic heterocycles. The normalized spacial score (nSPS) is 29.1. The highest BCUT2D eigenvalue weighted by Gasteiger charge is 2.48. The number of anilines is 1. The molecule has 9 nitrogen and oxygen atoms in total. The molecule has 0 aromatic carbocycles. The van der Waals surface area contributed by atoms with Crippen molar-refractivity contribution in [2.75, 3.05) is 12.3 Å². The standard InChI is InChI=1S/C12H15N5O4/c1-12(20)7(18)3-21-9(12)6-2-5(11(14)19)8-10(13)15-4-16-17(6)8/h2,4,7,9,18,20H,3H2,1H3,(H2,14,19)(H2,13,15,16)/t7-,9+,12-/m1/s1. The van der Waals surface area contributed by atoms with Crippen LogP contribution in [-0.2, 0) is 4.74 Å². The number of fused-ring (bicyclic) bond motifs is 1. The van der Waals surface area contributed by atoms with Crippen LogP contribution in [0.25, 0.3) is 5.52 Å². The molecule has 3 heterocycles. The summed E-state index contributed by atoms with van der Waals surface area (Å²) in [5.41, 5.74) is 10.3. The molecular formula is C12H15N5O4. The zero-order valence-electron chi connectivity index (χ0n) is 11.2. The molecular weight excluding hydrogens is 278 g/mol. The molecule has 3 rings (SSSR count). The molecule has 9 heteroatoms. The van der Waals surface area contributed by atoms with Crippen LogP contribution in [0.3, 0.4) is 0 Å². The van der Waals surface area contributed by atoms with Gasteiger partial charge < -0.3 is 26.4 Å². The molecule has 1 amide bonds. The van der Waals surface area contributed by atoms with Crippen molar-refractivity contribution in [3.05, 3.63) is 23.7 Å². The van der Waals surface area contributed by atoms with Crippen LogP contribution in [0.2, 0.25) is 0 Å². The smallest absolute Gasteiger partial charge is 0.251 e. The van der Waals surface area contributed by atoms with E-state index in [0.29, 0.717) is 5.69 Å². The van der Waals surface area contributed by atoms with Crippen LogP contribution in [0.15, 0.2) is 12.4 Å². The highest BCUT2D eigenvalue weighted by molar-refractivity contribution is 6.02. The molecule has 1 aliphatic rings. The van der Waals surface area contributed by atoms with E-state index in [1.54, 1.807) is 0 Å². The number of ether oxygens (including phenoxy) is 1. The maximum atomic E-state index is 11.6. The maximum absolute atomic E-state index is 11.6. The van der Waals surface area contributed by atoms with Crippen LogP contribution in [0, 0.1) is 0 Å². The van der Waals surface area contributed by atoms with Gasteiger partial charge in [-0.2, -0.15) is 5.10 Å². The van der Waals surface area contributed by atoms with E-state index >= 15 is 0 Å². The Labute approximate surface area is 119 Å². The van der Waals surface area contributed by atoms with E-state index in [9.17, 15) is 15.0 Å². The fraction of sp³-hybridized carbons (Fsp3) is 0.417. The molecule has 1 fully saturated rings. The van der Waals surface area contributed by atoms with Crippen LogP contribution >= 0.6 is 0 Å².